The Morgan fingerprint density at radius 3 is 2.38 bits per heavy atom. The van der Waals surface area contributed by atoms with Gasteiger partial charge in [0.25, 0.3) is 0 Å². The van der Waals surface area contributed by atoms with E-state index in [2.05, 4.69) is 64.3 Å². The summed E-state index contributed by atoms with van der Waals surface area (Å²) in [6.07, 6.45) is 7.92. The van der Waals surface area contributed by atoms with Gasteiger partial charge in [0.05, 0.1) is 30.3 Å². The monoisotopic (exact) mass is 455 g/mol. The van der Waals surface area contributed by atoms with Gasteiger partial charge in [-0.25, -0.2) is 0 Å². The molecule has 0 bridgehead atoms. The van der Waals surface area contributed by atoms with E-state index in [1.54, 1.807) is 0 Å². The maximum atomic E-state index is 5.68. The molecule has 9 nitrogen and oxygen atoms in total. The molecule has 32 heavy (non-hydrogen) atoms. The molecule has 4 rings (SSSR count). The van der Waals surface area contributed by atoms with Crippen molar-refractivity contribution in [2.45, 2.75) is 53.9 Å². The molecule has 0 unspecified atom stereocenters. The first-order valence-electron chi connectivity index (χ1n) is 11.3. The third-order valence-electron chi connectivity index (χ3n) is 6.15. The van der Waals surface area contributed by atoms with Crippen molar-refractivity contribution >= 4 is 23.0 Å². The van der Waals surface area contributed by atoms with Crippen molar-refractivity contribution in [1.29, 1.82) is 0 Å². The van der Waals surface area contributed by atoms with E-state index in [1.807, 2.05) is 32.6 Å². The lowest BCUT2D eigenvalue weighted by molar-refractivity contribution is 0.176. The minimum atomic E-state index is 0.701. The standard InChI is InChI=1S/C22H33N9S/c1-5-29-15-20(17(3)26-29)13-27-7-9-28(10-8-27)22(32)25-21-12-23-30(16-21)14-19-11-24-31(6-2)18(19)4/h11-12,15-16H,5-10,13-14H2,1-4H3,(H,25,32). The van der Waals surface area contributed by atoms with E-state index < -0.39 is 0 Å². The summed E-state index contributed by atoms with van der Waals surface area (Å²) in [7, 11) is 0. The van der Waals surface area contributed by atoms with Crippen molar-refractivity contribution in [3.8, 4) is 0 Å². The first kappa shape index (κ1) is 22.5. The number of nitrogens with zero attached hydrogens (tertiary/aromatic N) is 8. The minimum Gasteiger partial charge on any atom is -0.346 e. The molecular formula is C22H33N9S. The summed E-state index contributed by atoms with van der Waals surface area (Å²) < 4.78 is 5.94. The first-order valence-corrected chi connectivity index (χ1v) is 11.7. The number of rotatable bonds is 7. The second kappa shape index (κ2) is 9.83. The van der Waals surface area contributed by atoms with E-state index in [1.165, 1.54) is 16.8 Å². The van der Waals surface area contributed by atoms with Crippen LogP contribution in [0.4, 0.5) is 5.69 Å². The van der Waals surface area contributed by atoms with Crippen LogP contribution in [0.5, 0.6) is 0 Å². The number of aromatic nitrogens is 6. The molecule has 0 atom stereocenters. The van der Waals surface area contributed by atoms with Crippen LogP contribution in [0, 0.1) is 13.8 Å². The highest BCUT2D eigenvalue weighted by atomic mass is 32.1. The van der Waals surface area contributed by atoms with Gasteiger partial charge in [0, 0.05) is 75.0 Å². The average Bonchev–Trinajstić information content (AvgIpc) is 3.48. The maximum Gasteiger partial charge on any atom is 0.173 e. The predicted octanol–water partition coefficient (Wildman–Crippen LogP) is 2.50. The summed E-state index contributed by atoms with van der Waals surface area (Å²) in [5, 5.41) is 17.6. The number of piperazine rings is 1. The number of hydrogen-bond donors (Lipinski definition) is 1. The van der Waals surface area contributed by atoms with Crippen LogP contribution >= 0.6 is 12.2 Å². The van der Waals surface area contributed by atoms with Crippen molar-refractivity contribution in [3.63, 3.8) is 0 Å². The smallest absolute Gasteiger partial charge is 0.173 e. The Bertz CT molecular complexity index is 1060. The molecule has 1 aliphatic heterocycles. The molecule has 1 saturated heterocycles. The number of hydrogen-bond acceptors (Lipinski definition) is 5. The molecule has 0 spiro atoms. The highest BCUT2D eigenvalue weighted by Gasteiger charge is 2.20. The Labute approximate surface area is 195 Å². The Kier molecular flexibility index (Phi) is 6.90. The molecule has 1 aliphatic rings. The summed E-state index contributed by atoms with van der Waals surface area (Å²) in [4.78, 5) is 4.71. The second-order valence-corrected chi connectivity index (χ2v) is 8.67. The number of nitrogens with one attached hydrogen (secondary N) is 1. The lowest BCUT2D eigenvalue weighted by Crippen LogP contribution is -2.49. The predicted molar refractivity (Wildman–Crippen MR) is 130 cm³/mol. The van der Waals surface area contributed by atoms with Crippen molar-refractivity contribution in [3.05, 3.63) is 47.3 Å². The molecule has 1 N–H and O–H groups in total. The van der Waals surface area contributed by atoms with E-state index >= 15 is 0 Å². The summed E-state index contributed by atoms with van der Waals surface area (Å²) in [5.74, 6) is 0. The lowest BCUT2D eigenvalue weighted by Gasteiger charge is -2.36. The topological polar surface area (TPSA) is 72.0 Å². The van der Waals surface area contributed by atoms with E-state index in [0.717, 1.165) is 62.3 Å². The van der Waals surface area contributed by atoms with Crippen LogP contribution in [0.3, 0.4) is 0 Å². The average molecular weight is 456 g/mol. The van der Waals surface area contributed by atoms with Crippen molar-refractivity contribution < 1.29 is 0 Å². The van der Waals surface area contributed by atoms with Crippen molar-refractivity contribution in [2.24, 2.45) is 0 Å². The van der Waals surface area contributed by atoms with Gasteiger partial charge in [-0.15, -0.1) is 0 Å². The molecule has 3 aromatic heterocycles. The third-order valence-corrected chi connectivity index (χ3v) is 6.51. The summed E-state index contributed by atoms with van der Waals surface area (Å²) >= 11 is 5.68. The molecule has 4 heterocycles. The number of thiocarbonyl (C=S) groups is 1. The van der Waals surface area contributed by atoms with Crippen LogP contribution < -0.4 is 5.32 Å². The molecule has 0 radical (unpaired) electrons. The van der Waals surface area contributed by atoms with Gasteiger partial charge >= 0.3 is 0 Å². The van der Waals surface area contributed by atoms with Crippen LogP contribution in [-0.2, 0) is 26.2 Å². The summed E-state index contributed by atoms with van der Waals surface area (Å²) in [5.41, 5.74) is 5.72. The lowest BCUT2D eigenvalue weighted by atomic mass is 10.2. The fraction of sp³-hybridized carbons (Fsp3) is 0.545. The maximum absolute atomic E-state index is 5.68. The van der Waals surface area contributed by atoms with Gasteiger partial charge in [-0.3, -0.25) is 18.9 Å². The van der Waals surface area contributed by atoms with Crippen LogP contribution in [-0.4, -0.2) is 70.4 Å². The Morgan fingerprint density at radius 2 is 1.72 bits per heavy atom. The van der Waals surface area contributed by atoms with Gasteiger partial charge in [0.15, 0.2) is 5.11 Å². The number of aryl methyl sites for hydroxylation is 3. The van der Waals surface area contributed by atoms with E-state index in [4.69, 9.17) is 12.2 Å². The van der Waals surface area contributed by atoms with Crippen LogP contribution in [0.15, 0.2) is 24.8 Å². The normalized spacial score (nSPS) is 14.8. The Morgan fingerprint density at radius 1 is 0.938 bits per heavy atom. The molecule has 0 amide bonds. The fourth-order valence-corrected chi connectivity index (χ4v) is 4.38. The Hall–Kier alpha value is -2.72. The van der Waals surface area contributed by atoms with Crippen LogP contribution in [0.1, 0.15) is 36.4 Å². The SMILES string of the molecule is CCn1cc(CN2CCN(C(=S)Nc3cnn(Cc4cnn(CC)c4C)c3)CC2)c(C)n1. The fourth-order valence-electron chi connectivity index (χ4n) is 4.08. The molecule has 0 aliphatic carbocycles. The van der Waals surface area contributed by atoms with Crippen molar-refractivity contribution in [2.75, 3.05) is 31.5 Å². The first-order chi connectivity index (χ1) is 15.5. The largest absolute Gasteiger partial charge is 0.346 e. The van der Waals surface area contributed by atoms with Gasteiger partial charge in [0.2, 0.25) is 0 Å². The van der Waals surface area contributed by atoms with Crippen molar-refractivity contribution in [1.82, 2.24) is 39.1 Å². The van der Waals surface area contributed by atoms with Gasteiger partial charge in [-0.05, 0) is 39.9 Å². The summed E-state index contributed by atoms with van der Waals surface area (Å²) in [6, 6.07) is 0. The van der Waals surface area contributed by atoms with Crippen LogP contribution in [0.25, 0.3) is 0 Å². The molecule has 3 aromatic rings. The van der Waals surface area contributed by atoms with Gasteiger partial charge in [-0.2, -0.15) is 15.3 Å². The van der Waals surface area contributed by atoms with Gasteiger partial charge in [0.1, 0.15) is 0 Å². The minimum absolute atomic E-state index is 0.701. The molecule has 10 heteroatoms. The molecule has 0 aromatic carbocycles. The molecular weight excluding hydrogens is 422 g/mol. The molecule has 172 valence electrons. The second-order valence-electron chi connectivity index (χ2n) is 8.29. The highest BCUT2D eigenvalue weighted by Crippen LogP contribution is 2.15. The highest BCUT2D eigenvalue weighted by molar-refractivity contribution is 7.80. The van der Waals surface area contributed by atoms with E-state index in [9.17, 15) is 0 Å². The summed E-state index contributed by atoms with van der Waals surface area (Å²) in [6.45, 7) is 15.6. The Balaban J connectivity index is 1.27. The molecule has 0 saturated carbocycles. The molecule has 1 fully saturated rings. The zero-order valence-electron chi connectivity index (χ0n) is 19.5. The number of anilines is 1. The third kappa shape index (κ3) is 5.02. The van der Waals surface area contributed by atoms with E-state index in [0.29, 0.717) is 6.54 Å². The van der Waals surface area contributed by atoms with E-state index in [-0.39, 0.29) is 0 Å². The van der Waals surface area contributed by atoms with Gasteiger partial charge < -0.3 is 10.2 Å². The zero-order valence-corrected chi connectivity index (χ0v) is 20.3. The zero-order chi connectivity index (χ0) is 22.7. The van der Waals surface area contributed by atoms with Gasteiger partial charge in [-0.1, -0.05) is 0 Å². The quantitative estimate of drug-likeness (QED) is 0.549. The van der Waals surface area contributed by atoms with Crippen LogP contribution in [0.2, 0.25) is 0 Å².